The molecule has 1 unspecified atom stereocenters. The quantitative estimate of drug-likeness (QED) is 0.740. The number of halogens is 1. The molecule has 112 valence electrons. The fourth-order valence-corrected chi connectivity index (χ4v) is 2.72. The Morgan fingerprint density at radius 2 is 1.91 bits per heavy atom. The maximum atomic E-state index is 12.6. The summed E-state index contributed by atoms with van der Waals surface area (Å²) < 4.78 is 0.987. The fourth-order valence-electron chi connectivity index (χ4n) is 2.46. The van der Waals surface area contributed by atoms with Gasteiger partial charge in [0.15, 0.2) is 0 Å². The summed E-state index contributed by atoms with van der Waals surface area (Å²) in [5.41, 5.74) is 2.62. The number of para-hydroxylation sites is 1. The minimum atomic E-state index is -0.591. The highest BCUT2D eigenvalue weighted by molar-refractivity contribution is 9.10. The van der Waals surface area contributed by atoms with Crippen LogP contribution < -0.4 is 4.90 Å². The molecule has 0 saturated heterocycles. The molecule has 1 aliphatic rings. The summed E-state index contributed by atoms with van der Waals surface area (Å²) in [6, 6.07) is 16.8. The van der Waals surface area contributed by atoms with Crippen molar-refractivity contribution >= 4 is 39.7 Å². The van der Waals surface area contributed by atoms with Gasteiger partial charge in [-0.25, -0.2) is 0 Å². The molecule has 0 radical (unpaired) electrons. The predicted octanol–water partition coefficient (Wildman–Crippen LogP) is 4.41. The fraction of sp³-hybridized carbons (Fsp3) is 0.0526. The van der Waals surface area contributed by atoms with Gasteiger partial charge in [-0.2, -0.15) is 5.26 Å². The summed E-state index contributed by atoms with van der Waals surface area (Å²) in [4.78, 5) is 14.1. The van der Waals surface area contributed by atoms with Gasteiger partial charge in [-0.15, -0.1) is 0 Å². The van der Waals surface area contributed by atoms with Crippen LogP contribution in [-0.4, -0.2) is 11.9 Å². The molecule has 0 spiro atoms. The Morgan fingerprint density at radius 3 is 2.65 bits per heavy atom. The number of nitrogens with zero attached hydrogens (tertiary/aromatic N) is 2. The molecule has 0 saturated carbocycles. The van der Waals surface area contributed by atoms with Gasteiger partial charge in [0.05, 0.1) is 11.8 Å². The van der Waals surface area contributed by atoms with Gasteiger partial charge in [0.25, 0.3) is 5.91 Å². The van der Waals surface area contributed by atoms with Crippen LogP contribution in [0.3, 0.4) is 0 Å². The Morgan fingerprint density at radius 1 is 1.17 bits per heavy atom. The molecule has 1 heterocycles. The molecule has 2 aromatic carbocycles. The summed E-state index contributed by atoms with van der Waals surface area (Å²) in [5.74, 6) is -0.212. The maximum absolute atomic E-state index is 12.6. The SMILES string of the molecule is N#CC1C=Cc2ccccc2N1C(=O)C=Cc1ccc(Br)cc1. The molecule has 4 heteroatoms. The van der Waals surface area contributed by atoms with Gasteiger partial charge in [0.1, 0.15) is 6.04 Å². The van der Waals surface area contributed by atoms with Gasteiger partial charge >= 0.3 is 0 Å². The normalized spacial score (nSPS) is 16.2. The average Bonchev–Trinajstić information content (AvgIpc) is 2.60. The van der Waals surface area contributed by atoms with Crippen molar-refractivity contribution in [3.63, 3.8) is 0 Å². The van der Waals surface area contributed by atoms with E-state index in [4.69, 9.17) is 0 Å². The predicted molar refractivity (Wildman–Crippen MR) is 95.5 cm³/mol. The van der Waals surface area contributed by atoms with Crippen LogP contribution in [0, 0.1) is 11.3 Å². The minimum Gasteiger partial charge on any atom is -0.288 e. The summed E-state index contributed by atoms with van der Waals surface area (Å²) in [6.07, 6.45) is 6.88. The highest BCUT2D eigenvalue weighted by Gasteiger charge is 2.26. The largest absolute Gasteiger partial charge is 0.288 e. The number of amides is 1. The van der Waals surface area contributed by atoms with E-state index in [1.807, 2.05) is 54.6 Å². The van der Waals surface area contributed by atoms with E-state index >= 15 is 0 Å². The van der Waals surface area contributed by atoms with Gasteiger partial charge in [0, 0.05) is 10.5 Å². The van der Waals surface area contributed by atoms with Crippen molar-refractivity contribution in [2.45, 2.75) is 6.04 Å². The topological polar surface area (TPSA) is 44.1 Å². The molecule has 0 N–H and O–H groups in total. The van der Waals surface area contributed by atoms with Crippen LogP contribution in [0.2, 0.25) is 0 Å². The van der Waals surface area contributed by atoms with Crippen LogP contribution in [-0.2, 0) is 4.79 Å². The second kappa shape index (κ2) is 6.64. The molecular formula is C19H13BrN2O. The number of rotatable bonds is 2. The van der Waals surface area contributed by atoms with Crippen molar-refractivity contribution in [2.24, 2.45) is 0 Å². The first-order chi connectivity index (χ1) is 11.2. The molecule has 23 heavy (non-hydrogen) atoms. The molecule has 0 fully saturated rings. The first-order valence-electron chi connectivity index (χ1n) is 7.13. The Kier molecular flexibility index (Phi) is 4.40. The molecule has 3 nitrogen and oxygen atoms in total. The zero-order valence-electron chi connectivity index (χ0n) is 12.2. The summed E-state index contributed by atoms with van der Waals surface area (Å²) in [5, 5.41) is 9.33. The molecule has 0 aromatic heterocycles. The number of fused-ring (bicyclic) bond motifs is 1. The third kappa shape index (κ3) is 3.25. The van der Waals surface area contributed by atoms with E-state index in [-0.39, 0.29) is 5.91 Å². The summed E-state index contributed by atoms with van der Waals surface area (Å²) >= 11 is 3.38. The van der Waals surface area contributed by atoms with E-state index in [1.165, 1.54) is 11.0 Å². The third-order valence-corrected chi connectivity index (χ3v) is 4.12. The molecular weight excluding hydrogens is 352 g/mol. The van der Waals surface area contributed by atoms with Gasteiger partial charge < -0.3 is 0 Å². The van der Waals surface area contributed by atoms with Crippen molar-refractivity contribution in [3.8, 4) is 6.07 Å². The van der Waals surface area contributed by atoms with Crippen LogP contribution in [0.1, 0.15) is 11.1 Å². The van der Waals surface area contributed by atoms with E-state index in [9.17, 15) is 10.1 Å². The van der Waals surface area contributed by atoms with Crippen molar-refractivity contribution in [1.82, 2.24) is 0 Å². The Hall–Kier alpha value is -2.64. The Bertz CT molecular complexity index is 831. The summed E-state index contributed by atoms with van der Waals surface area (Å²) in [6.45, 7) is 0. The molecule has 1 aliphatic heterocycles. The molecule has 0 aliphatic carbocycles. The maximum Gasteiger partial charge on any atom is 0.252 e. The van der Waals surface area contributed by atoms with E-state index in [0.29, 0.717) is 0 Å². The van der Waals surface area contributed by atoms with E-state index in [1.54, 1.807) is 12.2 Å². The minimum absolute atomic E-state index is 0.212. The number of hydrogen-bond donors (Lipinski definition) is 0. The smallest absolute Gasteiger partial charge is 0.252 e. The number of hydrogen-bond acceptors (Lipinski definition) is 2. The number of benzene rings is 2. The van der Waals surface area contributed by atoms with Crippen LogP contribution >= 0.6 is 15.9 Å². The standard InChI is InChI=1S/C19H13BrN2O/c20-16-9-5-14(6-10-16)7-12-19(23)22-17(13-21)11-8-15-3-1-2-4-18(15)22/h1-12,17H. The lowest BCUT2D eigenvalue weighted by atomic mass is 10.0. The number of anilines is 1. The van der Waals surface area contributed by atoms with Crippen LogP contribution in [0.4, 0.5) is 5.69 Å². The van der Waals surface area contributed by atoms with Crippen molar-refractivity contribution in [2.75, 3.05) is 4.90 Å². The lowest BCUT2D eigenvalue weighted by Gasteiger charge is -2.29. The summed E-state index contributed by atoms with van der Waals surface area (Å²) in [7, 11) is 0. The highest BCUT2D eigenvalue weighted by atomic mass is 79.9. The lowest BCUT2D eigenvalue weighted by Crippen LogP contribution is -2.39. The van der Waals surface area contributed by atoms with Crippen molar-refractivity contribution < 1.29 is 4.79 Å². The zero-order valence-corrected chi connectivity index (χ0v) is 13.8. The van der Waals surface area contributed by atoms with E-state index in [0.717, 1.165) is 21.3 Å². The van der Waals surface area contributed by atoms with Gasteiger partial charge in [-0.3, -0.25) is 9.69 Å². The average molecular weight is 365 g/mol. The Labute approximate surface area is 143 Å². The van der Waals surface area contributed by atoms with Crippen LogP contribution in [0.25, 0.3) is 12.2 Å². The molecule has 1 atom stereocenters. The lowest BCUT2D eigenvalue weighted by molar-refractivity contribution is -0.114. The molecule has 0 bridgehead atoms. The van der Waals surface area contributed by atoms with E-state index < -0.39 is 6.04 Å². The monoisotopic (exact) mass is 364 g/mol. The van der Waals surface area contributed by atoms with Gasteiger partial charge in [-0.05, 0) is 41.5 Å². The molecule has 3 rings (SSSR count). The second-order valence-electron chi connectivity index (χ2n) is 5.08. The van der Waals surface area contributed by atoms with Crippen LogP contribution in [0.5, 0.6) is 0 Å². The number of nitriles is 1. The molecule has 1 amide bonds. The first-order valence-corrected chi connectivity index (χ1v) is 7.92. The van der Waals surface area contributed by atoms with Gasteiger partial charge in [-0.1, -0.05) is 52.3 Å². The van der Waals surface area contributed by atoms with Crippen molar-refractivity contribution in [3.05, 3.63) is 76.3 Å². The van der Waals surface area contributed by atoms with Crippen LogP contribution in [0.15, 0.2) is 65.2 Å². The van der Waals surface area contributed by atoms with E-state index in [2.05, 4.69) is 22.0 Å². The first kappa shape index (κ1) is 15.3. The second-order valence-corrected chi connectivity index (χ2v) is 6.00. The molecule has 2 aromatic rings. The Balaban J connectivity index is 1.89. The number of carbonyl (C=O) groups is 1. The van der Waals surface area contributed by atoms with Crippen molar-refractivity contribution in [1.29, 1.82) is 5.26 Å². The highest BCUT2D eigenvalue weighted by Crippen LogP contribution is 2.29. The zero-order chi connectivity index (χ0) is 16.2. The van der Waals surface area contributed by atoms with Gasteiger partial charge in [0.2, 0.25) is 0 Å². The number of carbonyl (C=O) groups excluding carboxylic acids is 1. The third-order valence-electron chi connectivity index (χ3n) is 3.59.